The highest BCUT2D eigenvalue weighted by Crippen LogP contribution is 2.31. The van der Waals surface area contributed by atoms with Crippen LogP contribution in [0, 0.1) is 5.92 Å². The maximum absolute atomic E-state index is 6.04. The quantitative estimate of drug-likeness (QED) is 0.795. The van der Waals surface area contributed by atoms with Gasteiger partial charge in [0.1, 0.15) is 5.82 Å². The van der Waals surface area contributed by atoms with Gasteiger partial charge in [0.25, 0.3) is 0 Å². The van der Waals surface area contributed by atoms with E-state index in [0.29, 0.717) is 17.8 Å². The van der Waals surface area contributed by atoms with Gasteiger partial charge in [-0.15, -0.1) is 11.6 Å². The molecule has 1 aliphatic heterocycles. The number of aromatic nitrogens is 2. The first-order chi connectivity index (χ1) is 8.81. The van der Waals surface area contributed by atoms with Crippen molar-refractivity contribution >= 4 is 22.6 Å². The molecule has 1 aromatic carbocycles. The standard InChI is InChI=1S/C14H17ClN2O/c1-10(11-6-7-18-9-11)17-13-5-3-2-4-12(13)16-14(17)8-15/h2-5,10-11H,6-9H2,1H3. The van der Waals surface area contributed by atoms with Crippen LogP contribution < -0.4 is 0 Å². The molecule has 1 aliphatic rings. The zero-order valence-electron chi connectivity index (χ0n) is 10.5. The average molecular weight is 265 g/mol. The summed E-state index contributed by atoms with van der Waals surface area (Å²) in [6.07, 6.45) is 1.12. The smallest absolute Gasteiger partial charge is 0.125 e. The molecule has 2 unspecified atom stereocenters. The predicted molar refractivity (Wildman–Crippen MR) is 72.9 cm³/mol. The zero-order valence-corrected chi connectivity index (χ0v) is 11.2. The monoisotopic (exact) mass is 264 g/mol. The van der Waals surface area contributed by atoms with Gasteiger partial charge in [0.05, 0.1) is 23.5 Å². The molecule has 0 spiro atoms. The molecular formula is C14H17ClN2O. The summed E-state index contributed by atoms with van der Waals surface area (Å²) in [5, 5.41) is 0. The van der Waals surface area contributed by atoms with Crippen LogP contribution in [0.3, 0.4) is 0 Å². The van der Waals surface area contributed by atoms with Crippen molar-refractivity contribution < 1.29 is 4.74 Å². The van der Waals surface area contributed by atoms with Crippen molar-refractivity contribution in [2.45, 2.75) is 25.3 Å². The molecule has 3 rings (SSSR count). The van der Waals surface area contributed by atoms with Crippen LogP contribution in [-0.2, 0) is 10.6 Å². The van der Waals surface area contributed by atoms with Gasteiger partial charge >= 0.3 is 0 Å². The minimum Gasteiger partial charge on any atom is -0.381 e. The molecule has 4 heteroatoms. The lowest BCUT2D eigenvalue weighted by Crippen LogP contribution is -2.18. The highest BCUT2D eigenvalue weighted by Gasteiger charge is 2.26. The Hall–Kier alpha value is -1.06. The zero-order chi connectivity index (χ0) is 12.5. The van der Waals surface area contributed by atoms with E-state index in [2.05, 4.69) is 28.6 Å². The first kappa shape index (κ1) is 12.0. The highest BCUT2D eigenvalue weighted by atomic mass is 35.5. The summed E-state index contributed by atoms with van der Waals surface area (Å²) in [7, 11) is 0. The summed E-state index contributed by atoms with van der Waals surface area (Å²) in [4.78, 5) is 4.61. The molecule has 0 radical (unpaired) electrons. The topological polar surface area (TPSA) is 27.1 Å². The Morgan fingerprint density at radius 3 is 3.06 bits per heavy atom. The fourth-order valence-electron chi connectivity index (χ4n) is 2.79. The third-order valence-electron chi connectivity index (χ3n) is 3.84. The molecule has 0 saturated carbocycles. The van der Waals surface area contributed by atoms with E-state index in [1.807, 2.05) is 12.1 Å². The van der Waals surface area contributed by atoms with Crippen LogP contribution in [0.15, 0.2) is 24.3 Å². The molecule has 0 N–H and O–H groups in total. The van der Waals surface area contributed by atoms with Gasteiger partial charge in [-0.1, -0.05) is 12.1 Å². The van der Waals surface area contributed by atoms with Gasteiger partial charge in [-0.3, -0.25) is 0 Å². The summed E-state index contributed by atoms with van der Waals surface area (Å²) in [5.41, 5.74) is 2.20. The summed E-state index contributed by atoms with van der Waals surface area (Å²) < 4.78 is 7.77. The third-order valence-corrected chi connectivity index (χ3v) is 4.08. The van der Waals surface area contributed by atoms with E-state index in [1.54, 1.807) is 0 Å². The van der Waals surface area contributed by atoms with Gasteiger partial charge in [-0.05, 0) is 25.5 Å². The SMILES string of the molecule is CC(C1CCOC1)n1c(CCl)nc2ccccc21. The second-order valence-electron chi connectivity index (χ2n) is 4.88. The van der Waals surface area contributed by atoms with Crippen molar-refractivity contribution in [1.82, 2.24) is 9.55 Å². The molecule has 0 amide bonds. The van der Waals surface area contributed by atoms with Crippen molar-refractivity contribution in [2.24, 2.45) is 5.92 Å². The first-order valence-corrected chi connectivity index (χ1v) is 6.94. The van der Waals surface area contributed by atoms with Gasteiger partial charge in [0.2, 0.25) is 0 Å². The number of fused-ring (bicyclic) bond motifs is 1. The van der Waals surface area contributed by atoms with Crippen LogP contribution >= 0.6 is 11.6 Å². The van der Waals surface area contributed by atoms with E-state index in [-0.39, 0.29) is 0 Å². The highest BCUT2D eigenvalue weighted by molar-refractivity contribution is 6.16. The Morgan fingerprint density at radius 2 is 2.33 bits per heavy atom. The van der Waals surface area contributed by atoms with E-state index in [4.69, 9.17) is 16.3 Å². The van der Waals surface area contributed by atoms with E-state index >= 15 is 0 Å². The first-order valence-electron chi connectivity index (χ1n) is 6.41. The van der Waals surface area contributed by atoms with Crippen LogP contribution in [-0.4, -0.2) is 22.8 Å². The Labute approximate surface area is 112 Å². The molecule has 18 heavy (non-hydrogen) atoms. The summed E-state index contributed by atoms with van der Waals surface area (Å²) in [6.45, 7) is 3.96. The lowest BCUT2D eigenvalue weighted by molar-refractivity contribution is 0.175. The number of imidazole rings is 1. The molecule has 2 atom stereocenters. The molecule has 2 aromatic rings. The number of halogens is 1. The summed E-state index contributed by atoms with van der Waals surface area (Å²) in [5.74, 6) is 1.97. The molecule has 1 aromatic heterocycles. The largest absolute Gasteiger partial charge is 0.381 e. The minimum absolute atomic E-state index is 0.383. The molecule has 96 valence electrons. The van der Waals surface area contributed by atoms with E-state index < -0.39 is 0 Å². The third kappa shape index (κ3) is 1.91. The van der Waals surface area contributed by atoms with Crippen molar-refractivity contribution in [2.75, 3.05) is 13.2 Å². The van der Waals surface area contributed by atoms with Gasteiger partial charge < -0.3 is 9.30 Å². The van der Waals surface area contributed by atoms with E-state index in [0.717, 1.165) is 31.0 Å². The van der Waals surface area contributed by atoms with Gasteiger partial charge in [0.15, 0.2) is 0 Å². The summed E-state index contributed by atoms with van der Waals surface area (Å²) >= 11 is 6.04. The van der Waals surface area contributed by atoms with Crippen molar-refractivity contribution in [3.63, 3.8) is 0 Å². The number of alkyl halides is 1. The molecule has 0 aliphatic carbocycles. The van der Waals surface area contributed by atoms with Gasteiger partial charge in [-0.2, -0.15) is 0 Å². The normalized spacial score (nSPS) is 21.6. The van der Waals surface area contributed by atoms with Crippen LogP contribution in [0.1, 0.15) is 25.2 Å². The van der Waals surface area contributed by atoms with Crippen molar-refractivity contribution in [1.29, 1.82) is 0 Å². The Kier molecular flexibility index (Phi) is 3.27. The lowest BCUT2D eigenvalue weighted by Gasteiger charge is -2.22. The second kappa shape index (κ2) is 4.90. The summed E-state index contributed by atoms with van der Waals surface area (Å²) in [6, 6.07) is 8.61. The average Bonchev–Trinajstić information content (AvgIpc) is 3.04. The molecule has 1 saturated heterocycles. The molecular weight excluding hydrogens is 248 g/mol. The predicted octanol–water partition coefficient (Wildman–Crippen LogP) is 3.37. The Balaban J connectivity index is 2.08. The molecule has 1 fully saturated rings. The maximum Gasteiger partial charge on any atom is 0.125 e. The van der Waals surface area contributed by atoms with Crippen molar-refractivity contribution in [3.8, 4) is 0 Å². The maximum atomic E-state index is 6.04. The number of benzene rings is 1. The number of hydrogen-bond acceptors (Lipinski definition) is 2. The fraction of sp³-hybridized carbons (Fsp3) is 0.500. The van der Waals surface area contributed by atoms with Crippen molar-refractivity contribution in [3.05, 3.63) is 30.1 Å². The van der Waals surface area contributed by atoms with Gasteiger partial charge in [0, 0.05) is 18.6 Å². The van der Waals surface area contributed by atoms with Crippen LogP contribution in [0.4, 0.5) is 0 Å². The molecule has 2 heterocycles. The van der Waals surface area contributed by atoms with E-state index in [9.17, 15) is 0 Å². The van der Waals surface area contributed by atoms with E-state index in [1.165, 1.54) is 5.52 Å². The Morgan fingerprint density at radius 1 is 1.50 bits per heavy atom. The van der Waals surface area contributed by atoms with Crippen LogP contribution in [0.5, 0.6) is 0 Å². The number of hydrogen-bond donors (Lipinski definition) is 0. The lowest BCUT2D eigenvalue weighted by atomic mass is 10.0. The van der Waals surface area contributed by atoms with Crippen LogP contribution in [0.2, 0.25) is 0 Å². The number of nitrogens with zero attached hydrogens (tertiary/aromatic N) is 2. The molecule has 0 bridgehead atoms. The number of rotatable bonds is 3. The van der Waals surface area contributed by atoms with Crippen LogP contribution in [0.25, 0.3) is 11.0 Å². The minimum atomic E-state index is 0.383. The number of para-hydroxylation sites is 2. The van der Waals surface area contributed by atoms with Gasteiger partial charge in [-0.25, -0.2) is 4.98 Å². The fourth-order valence-corrected chi connectivity index (χ4v) is 2.98. The molecule has 3 nitrogen and oxygen atoms in total. The Bertz CT molecular complexity index is 546. The second-order valence-corrected chi connectivity index (χ2v) is 5.15. The number of ether oxygens (including phenoxy) is 1.